The minimum absolute atomic E-state index is 0.156. The molecule has 0 fully saturated rings. The van der Waals surface area contributed by atoms with Gasteiger partial charge in [-0.2, -0.15) is 0 Å². The van der Waals surface area contributed by atoms with E-state index in [4.69, 9.17) is 0 Å². The molecule has 0 spiro atoms. The van der Waals surface area contributed by atoms with Gasteiger partial charge in [0.2, 0.25) is 5.91 Å². The van der Waals surface area contributed by atoms with Crippen LogP contribution in [-0.4, -0.2) is 11.0 Å². The number of hydrogen-bond donors (Lipinski definition) is 2. The summed E-state index contributed by atoms with van der Waals surface area (Å²) < 4.78 is 13.7. The third-order valence-electron chi connectivity index (χ3n) is 3.80. The van der Waals surface area contributed by atoms with Crippen molar-refractivity contribution in [2.75, 3.05) is 5.32 Å². The fraction of sp³-hybridized carbons (Fsp3) is 0.533. The summed E-state index contributed by atoms with van der Waals surface area (Å²) >= 11 is 0. The SMILES string of the molecule is CCCCC(O)c1cc(F)cc2c1NC(=O)C2(C)C. The molecule has 1 aromatic rings. The lowest BCUT2D eigenvalue weighted by Crippen LogP contribution is -2.26. The molecule has 0 aliphatic carbocycles. The lowest BCUT2D eigenvalue weighted by Gasteiger charge is -2.17. The molecule has 1 aliphatic rings. The maximum Gasteiger partial charge on any atom is 0.234 e. The molecule has 0 bridgehead atoms. The summed E-state index contributed by atoms with van der Waals surface area (Å²) in [6, 6.07) is 2.70. The molecule has 0 saturated heterocycles. The fourth-order valence-electron chi connectivity index (χ4n) is 2.47. The van der Waals surface area contributed by atoms with Gasteiger partial charge in [0.1, 0.15) is 5.82 Å². The predicted octanol–water partition coefficient (Wildman–Crippen LogP) is 3.28. The third kappa shape index (κ3) is 2.37. The molecule has 104 valence electrons. The Kier molecular flexibility index (Phi) is 3.63. The molecule has 2 N–H and O–H groups in total. The Morgan fingerprint density at radius 1 is 1.42 bits per heavy atom. The van der Waals surface area contributed by atoms with Crippen molar-refractivity contribution < 1.29 is 14.3 Å². The first-order chi connectivity index (χ1) is 8.87. The monoisotopic (exact) mass is 265 g/mol. The van der Waals surface area contributed by atoms with E-state index in [1.807, 2.05) is 6.92 Å². The van der Waals surface area contributed by atoms with E-state index in [-0.39, 0.29) is 5.91 Å². The van der Waals surface area contributed by atoms with Gasteiger partial charge in [-0.3, -0.25) is 4.79 Å². The van der Waals surface area contributed by atoms with Crippen molar-refractivity contribution in [1.82, 2.24) is 0 Å². The van der Waals surface area contributed by atoms with Gasteiger partial charge >= 0.3 is 0 Å². The number of nitrogens with one attached hydrogen (secondary N) is 1. The summed E-state index contributed by atoms with van der Waals surface area (Å²) in [5, 5.41) is 13.0. The van der Waals surface area contributed by atoms with Crippen molar-refractivity contribution in [1.29, 1.82) is 0 Å². The number of carbonyl (C=O) groups excluding carboxylic acids is 1. The summed E-state index contributed by atoms with van der Waals surface area (Å²) in [4.78, 5) is 11.9. The number of aliphatic hydroxyl groups excluding tert-OH is 1. The van der Waals surface area contributed by atoms with Crippen LogP contribution >= 0.6 is 0 Å². The maximum atomic E-state index is 13.7. The van der Waals surface area contributed by atoms with Crippen LogP contribution in [-0.2, 0) is 10.2 Å². The van der Waals surface area contributed by atoms with E-state index in [0.29, 0.717) is 23.2 Å². The number of amides is 1. The van der Waals surface area contributed by atoms with Crippen molar-refractivity contribution in [3.05, 3.63) is 29.1 Å². The van der Waals surface area contributed by atoms with Crippen LogP contribution in [0.2, 0.25) is 0 Å². The molecule has 1 atom stereocenters. The Balaban J connectivity index is 2.45. The summed E-state index contributed by atoms with van der Waals surface area (Å²) in [5.74, 6) is -0.564. The fourth-order valence-corrected chi connectivity index (χ4v) is 2.47. The highest BCUT2D eigenvalue weighted by Gasteiger charge is 2.40. The van der Waals surface area contributed by atoms with Crippen molar-refractivity contribution in [2.45, 2.75) is 51.6 Å². The average molecular weight is 265 g/mol. The lowest BCUT2D eigenvalue weighted by molar-refractivity contribution is -0.119. The molecule has 0 aromatic heterocycles. The zero-order valence-corrected chi connectivity index (χ0v) is 11.6. The minimum atomic E-state index is -0.753. The highest BCUT2D eigenvalue weighted by atomic mass is 19.1. The van der Waals surface area contributed by atoms with E-state index in [1.165, 1.54) is 12.1 Å². The van der Waals surface area contributed by atoms with Crippen LogP contribution < -0.4 is 5.32 Å². The number of anilines is 1. The van der Waals surface area contributed by atoms with Gasteiger partial charge in [-0.05, 0) is 38.0 Å². The minimum Gasteiger partial charge on any atom is -0.388 e. The molecule has 1 heterocycles. The second-order valence-electron chi connectivity index (χ2n) is 5.65. The molecular formula is C15H20FNO2. The molecule has 0 saturated carbocycles. The number of benzene rings is 1. The van der Waals surface area contributed by atoms with Crippen LogP contribution in [0.15, 0.2) is 12.1 Å². The van der Waals surface area contributed by atoms with Gasteiger partial charge in [0.05, 0.1) is 17.2 Å². The lowest BCUT2D eigenvalue weighted by atomic mass is 9.84. The Labute approximate surface area is 112 Å². The number of carbonyl (C=O) groups is 1. The van der Waals surface area contributed by atoms with Crippen LogP contribution in [0.4, 0.5) is 10.1 Å². The number of rotatable bonds is 4. The quantitative estimate of drug-likeness (QED) is 0.877. The summed E-state index contributed by atoms with van der Waals surface area (Å²) in [6.45, 7) is 5.55. The van der Waals surface area contributed by atoms with E-state index in [9.17, 15) is 14.3 Å². The van der Waals surface area contributed by atoms with Crippen LogP contribution in [0, 0.1) is 5.82 Å². The Bertz CT molecular complexity index is 511. The normalized spacial score (nSPS) is 18.1. The number of aliphatic hydroxyl groups is 1. The number of halogens is 1. The van der Waals surface area contributed by atoms with Crippen molar-refractivity contribution in [3.63, 3.8) is 0 Å². The number of hydrogen-bond acceptors (Lipinski definition) is 2. The molecule has 3 nitrogen and oxygen atoms in total. The predicted molar refractivity (Wildman–Crippen MR) is 72.5 cm³/mol. The van der Waals surface area contributed by atoms with Gasteiger partial charge in [0.25, 0.3) is 0 Å². The molecular weight excluding hydrogens is 245 g/mol. The van der Waals surface area contributed by atoms with Crippen LogP contribution in [0.25, 0.3) is 0 Å². The molecule has 0 radical (unpaired) electrons. The van der Waals surface area contributed by atoms with Gasteiger partial charge < -0.3 is 10.4 Å². The third-order valence-corrected chi connectivity index (χ3v) is 3.80. The zero-order valence-electron chi connectivity index (χ0n) is 11.6. The maximum absolute atomic E-state index is 13.7. The molecule has 4 heteroatoms. The summed E-state index contributed by atoms with van der Waals surface area (Å²) in [6.07, 6.45) is 1.66. The highest BCUT2D eigenvalue weighted by molar-refractivity contribution is 6.06. The van der Waals surface area contributed by atoms with E-state index < -0.39 is 17.3 Å². The molecule has 1 amide bonds. The summed E-state index contributed by atoms with van der Waals surface area (Å²) in [7, 11) is 0. The second-order valence-corrected chi connectivity index (χ2v) is 5.65. The standard InChI is InChI=1S/C15H20FNO2/c1-4-5-6-12(18)10-7-9(16)8-11-13(10)17-14(19)15(11,2)3/h7-8,12,18H,4-6H2,1-3H3,(H,17,19). The van der Waals surface area contributed by atoms with Crippen molar-refractivity contribution in [3.8, 4) is 0 Å². The van der Waals surface area contributed by atoms with Gasteiger partial charge in [0, 0.05) is 5.56 Å². The van der Waals surface area contributed by atoms with Crippen molar-refractivity contribution in [2.24, 2.45) is 0 Å². The molecule has 1 aromatic carbocycles. The van der Waals surface area contributed by atoms with Crippen LogP contribution in [0.5, 0.6) is 0 Å². The molecule has 19 heavy (non-hydrogen) atoms. The Morgan fingerprint density at radius 3 is 2.74 bits per heavy atom. The smallest absolute Gasteiger partial charge is 0.234 e. The van der Waals surface area contributed by atoms with E-state index in [0.717, 1.165) is 12.8 Å². The van der Waals surface area contributed by atoms with Gasteiger partial charge in [-0.15, -0.1) is 0 Å². The molecule has 2 rings (SSSR count). The van der Waals surface area contributed by atoms with Crippen molar-refractivity contribution >= 4 is 11.6 Å². The molecule has 1 aliphatic heterocycles. The van der Waals surface area contributed by atoms with Crippen LogP contribution in [0.1, 0.15) is 57.3 Å². The van der Waals surface area contributed by atoms with Gasteiger partial charge in [0.15, 0.2) is 0 Å². The van der Waals surface area contributed by atoms with Gasteiger partial charge in [-0.25, -0.2) is 4.39 Å². The number of fused-ring (bicyclic) bond motifs is 1. The van der Waals surface area contributed by atoms with E-state index in [2.05, 4.69) is 5.32 Å². The first kappa shape index (κ1) is 14.0. The highest BCUT2D eigenvalue weighted by Crippen LogP contribution is 2.42. The average Bonchev–Trinajstić information content (AvgIpc) is 2.58. The molecule has 1 unspecified atom stereocenters. The Hall–Kier alpha value is -1.42. The van der Waals surface area contributed by atoms with Crippen LogP contribution in [0.3, 0.4) is 0 Å². The van der Waals surface area contributed by atoms with Gasteiger partial charge in [-0.1, -0.05) is 19.8 Å². The van der Waals surface area contributed by atoms with E-state index >= 15 is 0 Å². The first-order valence-corrected chi connectivity index (χ1v) is 6.71. The second kappa shape index (κ2) is 4.93. The van der Waals surface area contributed by atoms with E-state index in [1.54, 1.807) is 13.8 Å². The topological polar surface area (TPSA) is 49.3 Å². The first-order valence-electron chi connectivity index (χ1n) is 6.71. The zero-order chi connectivity index (χ0) is 14.2. The Morgan fingerprint density at radius 2 is 2.11 bits per heavy atom. The number of unbranched alkanes of at least 4 members (excludes halogenated alkanes) is 1. The largest absolute Gasteiger partial charge is 0.388 e. The summed E-state index contributed by atoms with van der Waals surface area (Å²) in [5.41, 5.74) is 0.946.